The Morgan fingerprint density at radius 2 is 2.27 bits per heavy atom. The molecule has 0 radical (unpaired) electrons. The van der Waals surface area contributed by atoms with E-state index in [0.29, 0.717) is 0 Å². The van der Waals surface area contributed by atoms with Crippen molar-refractivity contribution in [2.75, 3.05) is 0 Å². The van der Waals surface area contributed by atoms with Crippen LogP contribution in [0.25, 0.3) is 11.0 Å². The first-order valence-electron chi connectivity index (χ1n) is 3.52. The van der Waals surface area contributed by atoms with Crippen molar-refractivity contribution in [1.82, 2.24) is 14.8 Å². The zero-order chi connectivity index (χ0) is 7.84. The summed E-state index contributed by atoms with van der Waals surface area (Å²) >= 11 is 0. The number of hydrogen-bond donors (Lipinski definition) is 0. The van der Waals surface area contributed by atoms with Crippen molar-refractivity contribution in [2.45, 2.75) is 6.92 Å². The lowest BCUT2D eigenvalue weighted by Crippen LogP contribution is -1.85. The molecule has 0 saturated carbocycles. The number of aryl methyl sites for hydroxylation is 2. The third-order valence-corrected chi connectivity index (χ3v) is 1.72. The van der Waals surface area contributed by atoms with Crippen LogP contribution in [0.1, 0.15) is 5.56 Å². The van der Waals surface area contributed by atoms with Crippen molar-refractivity contribution < 1.29 is 0 Å². The van der Waals surface area contributed by atoms with Crippen LogP contribution in [0.15, 0.2) is 18.5 Å². The van der Waals surface area contributed by atoms with E-state index in [1.807, 2.05) is 26.2 Å². The molecule has 0 fully saturated rings. The molecule has 0 amide bonds. The number of aromatic nitrogens is 3. The van der Waals surface area contributed by atoms with Crippen LogP contribution in [-0.4, -0.2) is 14.8 Å². The molecule has 56 valence electrons. The lowest BCUT2D eigenvalue weighted by Gasteiger charge is -1.89. The van der Waals surface area contributed by atoms with Crippen molar-refractivity contribution in [2.24, 2.45) is 7.05 Å². The first-order valence-corrected chi connectivity index (χ1v) is 3.52. The Kier molecular flexibility index (Phi) is 1.18. The standard InChI is InChI=1S/C8H9N3/c1-6-3-4-9-7-5-11(2)10-8(6)7/h3-5H,1-2H3. The number of hydrogen-bond acceptors (Lipinski definition) is 2. The van der Waals surface area contributed by atoms with Crippen LogP contribution in [0.2, 0.25) is 0 Å². The van der Waals surface area contributed by atoms with Crippen LogP contribution in [-0.2, 0) is 7.05 Å². The molecule has 0 saturated heterocycles. The fraction of sp³-hybridized carbons (Fsp3) is 0.250. The molecular weight excluding hydrogens is 138 g/mol. The molecule has 3 nitrogen and oxygen atoms in total. The number of fused-ring (bicyclic) bond motifs is 1. The molecule has 2 rings (SSSR count). The summed E-state index contributed by atoms with van der Waals surface area (Å²) in [5.74, 6) is 0. The van der Waals surface area contributed by atoms with E-state index < -0.39 is 0 Å². The molecule has 0 aromatic carbocycles. The van der Waals surface area contributed by atoms with Gasteiger partial charge >= 0.3 is 0 Å². The van der Waals surface area contributed by atoms with Crippen LogP contribution in [0.5, 0.6) is 0 Å². The van der Waals surface area contributed by atoms with Gasteiger partial charge in [0.1, 0.15) is 11.0 Å². The summed E-state index contributed by atoms with van der Waals surface area (Å²) in [6.07, 6.45) is 3.72. The van der Waals surface area contributed by atoms with E-state index in [1.165, 1.54) is 5.56 Å². The molecule has 11 heavy (non-hydrogen) atoms. The maximum atomic E-state index is 4.27. The zero-order valence-corrected chi connectivity index (χ0v) is 6.57. The Hall–Kier alpha value is -1.38. The molecule has 2 heterocycles. The Balaban J connectivity index is 2.90. The summed E-state index contributed by atoms with van der Waals surface area (Å²) in [6, 6.07) is 1.97. The normalized spacial score (nSPS) is 10.7. The Bertz CT molecular complexity index is 389. The molecule has 2 aromatic rings. The van der Waals surface area contributed by atoms with Gasteiger partial charge in [-0.05, 0) is 18.6 Å². The van der Waals surface area contributed by atoms with Crippen molar-refractivity contribution in [3.63, 3.8) is 0 Å². The van der Waals surface area contributed by atoms with Gasteiger partial charge in [0.25, 0.3) is 0 Å². The quantitative estimate of drug-likeness (QED) is 0.562. The Labute approximate surface area is 64.7 Å². The van der Waals surface area contributed by atoms with Gasteiger partial charge in [0.05, 0.1) is 6.20 Å². The van der Waals surface area contributed by atoms with Crippen molar-refractivity contribution in [3.05, 3.63) is 24.0 Å². The average molecular weight is 147 g/mol. The minimum Gasteiger partial charge on any atom is -0.273 e. The maximum Gasteiger partial charge on any atom is 0.114 e. The van der Waals surface area contributed by atoms with Crippen molar-refractivity contribution >= 4 is 11.0 Å². The molecule has 0 unspecified atom stereocenters. The SMILES string of the molecule is Cc1ccnc2cn(C)nc12. The van der Waals surface area contributed by atoms with Crippen LogP contribution in [0.4, 0.5) is 0 Å². The number of nitrogens with zero attached hydrogens (tertiary/aromatic N) is 3. The molecule has 0 bridgehead atoms. The summed E-state index contributed by atoms with van der Waals surface area (Å²) in [6.45, 7) is 2.04. The highest BCUT2D eigenvalue weighted by atomic mass is 15.3. The predicted octanol–water partition coefficient (Wildman–Crippen LogP) is 1.28. The van der Waals surface area contributed by atoms with E-state index >= 15 is 0 Å². The van der Waals surface area contributed by atoms with Gasteiger partial charge in [-0.1, -0.05) is 0 Å². The Morgan fingerprint density at radius 3 is 3.00 bits per heavy atom. The topological polar surface area (TPSA) is 30.7 Å². The van der Waals surface area contributed by atoms with Crippen LogP contribution >= 0.6 is 0 Å². The molecule has 0 aliphatic rings. The van der Waals surface area contributed by atoms with Crippen molar-refractivity contribution in [3.8, 4) is 0 Å². The second-order valence-corrected chi connectivity index (χ2v) is 2.66. The second-order valence-electron chi connectivity index (χ2n) is 2.66. The van der Waals surface area contributed by atoms with Crippen molar-refractivity contribution in [1.29, 1.82) is 0 Å². The van der Waals surface area contributed by atoms with E-state index in [1.54, 1.807) is 10.9 Å². The van der Waals surface area contributed by atoms with E-state index in [0.717, 1.165) is 11.0 Å². The first-order chi connectivity index (χ1) is 5.27. The van der Waals surface area contributed by atoms with E-state index in [9.17, 15) is 0 Å². The molecule has 0 N–H and O–H groups in total. The van der Waals surface area contributed by atoms with E-state index in [2.05, 4.69) is 10.1 Å². The highest BCUT2D eigenvalue weighted by Gasteiger charge is 2.00. The van der Waals surface area contributed by atoms with Gasteiger partial charge in [0.15, 0.2) is 0 Å². The maximum absolute atomic E-state index is 4.27. The fourth-order valence-electron chi connectivity index (χ4n) is 1.16. The summed E-state index contributed by atoms with van der Waals surface area (Å²) in [4.78, 5) is 4.18. The summed E-state index contributed by atoms with van der Waals surface area (Å²) in [7, 11) is 1.90. The summed E-state index contributed by atoms with van der Waals surface area (Å²) in [5.41, 5.74) is 3.14. The third-order valence-electron chi connectivity index (χ3n) is 1.72. The van der Waals surface area contributed by atoms with Gasteiger partial charge in [-0.25, -0.2) is 0 Å². The molecule has 0 aliphatic heterocycles. The van der Waals surface area contributed by atoms with Gasteiger partial charge in [-0.3, -0.25) is 9.67 Å². The minimum atomic E-state index is 0.965. The van der Waals surface area contributed by atoms with Gasteiger partial charge in [-0.2, -0.15) is 5.10 Å². The lowest BCUT2D eigenvalue weighted by molar-refractivity contribution is 0.778. The van der Waals surface area contributed by atoms with Gasteiger partial charge < -0.3 is 0 Å². The van der Waals surface area contributed by atoms with Crippen LogP contribution < -0.4 is 0 Å². The third kappa shape index (κ3) is 0.888. The molecule has 0 aliphatic carbocycles. The number of pyridine rings is 1. The molecule has 3 heteroatoms. The predicted molar refractivity (Wildman–Crippen MR) is 43.2 cm³/mol. The largest absolute Gasteiger partial charge is 0.273 e. The second kappa shape index (κ2) is 2.05. The smallest absolute Gasteiger partial charge is 0.114 e. The van der Waals surface area contributed by atoms with Crippen LogP contribution in [0, 0.1) is 6.92 Å². The van der Waals surface area contributed by atoms with E-state index in [-0.39, 0.29) is 0 Å². The van der Waals surface area contributed by atoms with Gasteiger partial charge in [0.2, 0.25) is 0 Å². The molecule has 0 spiro atoms. The molecule has 0 atom stereocenters. The minimum absolute atomic E-state index is 0.965. The first kappa shape index (κ1) is 6.34. The Morgan fingerprint density at radius 1 is 1.45 bits per heavy atom. The zero-order valence-electron chi connectivity index (χ0n) is 6.57. The average Bonchev–Trinajstić information content (AvgIpc) is 2.31. The van der Waals surface area contributed by atoms with E-state index in [4.69, 9.17) is 0 Å². The molecular formula is C8H9N3. The lowest BCUT2D eigenvalue weighted by atomic mass is 10.2. The summed E-state index contributed by atoms with van der Waals surface area (Å²) in [5, 5.41) is 4.27. The molecule has 2 aromatic heterocycles. The summed E-state index contributed by atoms with van der Waals surface area (Å²) < 4.78 is 1.78. The van der Waals surface area contributed by atoms with Gasteiger partial charge in [0, 0.05) is 13.2 Å². The highest BCUT2D eigenvalue weighted by Crippen LogP contribution is 2.11. The van der Waals surface area contributed by atoms with Crippen LogP contribution in [0.3, 0.4) is 0 Å². The number of rotatable bonds is 0. The highest BCUT2D eigenvalue weighted by molar-refractivity contribution is 5.76. The fourth-order valence-corrected chi connectivity index (χ4v) is 1.16. The monoisotopic (exact) mass is 147 g/mol. The van der Waals surface area contributed by atoms with Gasteiger partial charge in [-0.15, -0.1) is 0 Å².